The standard InChI is InChI=1S/C10H19Cl2N3O2.C2H6/c1-16-8(9(11)13)10(12)15-7-3-2-5-17-6-4-14-7;1-2/h7,10,14-15H,2-6,13H2,1H3;1-2H3/b9-8+;. The van der Waals surface area contributed by atoms with Gasteiger partial charge in [-0.25, -0.2) is 0 Å². The lowest BCUT2D eigenvalue weighted by Gasteiger charge is -2.26. The Hall–Kier alpha value is -0.200. The van der Waals surface area contributed by atoms with Crippen molar-refractivity contribution < 1.29 is 9.47 Å². The lowest BCUT2D eigenvalue weighted by molar-refractivity contribution is 0.110. The van der Waals surface area contributed by atoms with Crippen molar-refractivity contribution in [1.29, 1.82) is 0 Å². The predicted octanol–water partition coefficient (Wildman–Crippen LogP) is 1.91. The second-order valence-electron chi connectivity index (χ2n) is 3.71. The first kappa shape index (κ1) is 18.8. The van der Waals surface area contributed by atoms with Gasteiger partial charge in [-0.15, -0.1) is 0 Å². The van der Waals surface area contributed by atoms with E-state index in [0.29, 0.717) is 12.4 Å². The van der Waals surface area contributed by atoms with Crippen molar-refractivity contribution in [2.45, 2.75) is 38.4 Å². The summed E-state index contributed by atoms with van der Waals surface area (Å²) >= 11 is 11.8. The maximum absolute atomic E-state index is 6.14. The summed E-state index contributed by atoms with van der Waals surface area (Å²) in [6.45, 7) is 6.26. The van der Waals surface area contributed by atoms with E-state index in [0.717, 1.165) is 26.0 Å². The Kier molecular flexibility index (Phi) is 11.5. The largest absolute Gasteiger partial charge is 0.495 e. The van der Waals surface area contributed by atoms with Crippen LogP contribution in [0.1, 0.15) is 26.7 Å². The van der Waals surface area contributed by atoms with Crippen LogP contribution < -0.4 is 16.4 Å². The second kappa shape index (κ2) is 11.6. The first-order valence-corrected chi connectivity index (χ1v) is 7.37. The number of halogens is 2. The van der Waals surface area contributed by atoms with E-state index in [-0.39, 0.29) is 11.3 Å². The Morgan fingerprint density at radius 3 is 2.74 bits per heavy atom. The number of methoxy groups -OCH3 is 1. The van der Waals surface area contributed by atoms with E-state index in [1.165, 1.54) is 7.11 Å². The van der Waals surface area contributed by atoms with E-state index < -0.39 is 5.50 Å². The molecule has 0 radical (unpaired) electrons. The van der Waals surface area contributed by atoms with E-state index in [2.05, 4.69) is 10.6 Å². The molecular formula is C12H25Cl2N3O2. The topological polar surface area (TPSA) is 68.5 Å². The highest BCUT2D eigenvalue weighted by atomic mass is 35.5. The molecule has 1 saturated heterocycles. The zero-order valence-corrected chi connectivity index (χ0v) is 13.4. The van der Waals surface area contributed by atoms with Crippen LogP contribution in [0.5, 0.6) is 0 Å². The lowest BCUT2D eigenvalue weighted by Crippen LogP contribution is -2.48. The van der Waals surface area contributed by atoms with Crippen LogP contribution in [0.4, 0.5) is 0 Å². The molecule has 0 aromatic carbocycles. The molecule has 2 unspecified atom stereocenters. The van der Waals surface area contributed by atoms with Gasteiger partial charge in [0.1, 0.15) is 10.7 Å². The maximum Gasteiger partial charge on any atom is 0.162 e. The summed E-state index contributed by atoms with van der Waals surface area (Å²) < 4.78 is 10.4. The van der Waals surface area contributed by atoms with Crippen LogP contribution in [0.2, 0.25) is 0 Å². The third-order valence-electron chi connectivity index (χ3n) is 2.45. The molecule has 0 amide bonds. The lowest BCUT2D eigenvalue weighted by atomic mass is 10.2. The minimum atomic E-state index is -0.546. The minimum Gasteiger partial charge on any atom is -0.495 e. The summed E-state index contributed by atoms with van der Waals surface area (Å²) in [5.74, 6) is 0.341. The van der Waals surface area contributed by atoms with Crippen LogP contribution in [0, 0.1) is 0 Å². The Balaban J connectivity index is 0.00000154. The Labute approximate surface area is 125 Å². The molecule has 4 N–H and O–H groups in total. The third-order valence-corrected chi connectivity index (χ3v) is 2.96. The van der Waals surface area contributed by atoms with Crippen LogP contribution in [-0.2, 0) is 9.47 Å². The van der Waals surface area contributed by atoms with Gasteiger partial charge in [0.15, 0.2) is 5.76 Å². The van der Waals surface area contributed by atoms with Gasteiger partial charge in [0, 0.05) is 13.2 Å². The minimum absolute atomic E-state index is 0.0641. The average Bonchev–Trinajstić information content (AvgIpc) is 2.35. The smallest absolute Gasteiger partial charge is 0.162 e. The monoisotopic (exact) mass is 313 g/mol. The number of nitrogens with one attached hydrogen (secondary N) is 2. The van der Waals surface area contributed by atoms with Crippen molar-refractivity contribution in [3.8, 4) is 0 Å². The fourth-order valence-corrected chi connectivity index (χ4v) is 2.22. The molecule has 2 atom stereocenters. The number of nitrogens with two attached hydrogens (primary N) is 1. The maximum atomic E-state index is 6.14. The van der Waals surface area contributed by atoms with E-state index in [4.69, 9.17) is 38.4 Å². The number of alkyl halides is 1. The van der Waals surface area contributed by atoms with Gasteiger partial charge >= 0.3 is 0 Å². The summed E-state index contributed by atoms with van der Waals surface area (Å²) in [6, 6.07) is 0. The van der Waals surface area contributed by atoms with Gasteiger partial charge in [0.05, 0.1) is 19.9 Å². The highest BCUT2D eigenvalue weighted by Crippen LogP contribution is 2.14. The zero-order valence-electron chi connectivity index (χ0n) is 11.8. The molecule has 1 rings (SSSR count). The van der Waals surface area contributed by atoms with Crippen molar-refractivity contribution >= 4 is 23.2 Å². The molecule has 1 fully saturated rings. The normalized spacial score (nSPS) is 23.1. The van der Waals surface area contributed by atoms with Gasteiger partial charge < -0.3 is 15.2 Å². The molecule has 1 heterocycles. The highest BCUT2D eigenvalue weighted by molar-refractivity contribution is 6.30. The molecule has 0 bridgehead atoms. The molecule has 1 aliphatic heterocycles. The van der Waals surface area contributed by atoms with Gasteiger partial charge in [-0.1, -0.05) is 37.0 Å². The van der Waals surface area contributed by atoms with Gasteiger partial charge in [-0.2, -0.15) is 0 Å². The van der Waals surface area contributed by atoms with Gasteiger partial charge in [0.2, 0.25) is 0 Å². The van der Waals surface area contributed by atoms with Crippen LogP contribution in [0.25, 0.3) is 0 Å². The molecule has 0 aromatic heterocycles. The predicted molar refractivity (Wildman–Crippen MR) is 80.0 cm³/mol. The molecule has 114 valence electrons. The Morgan fingerprint density at radius 1 is 1.47 bits per heavy atom. The first-order valence-electron chi connectivity index (χ1n) is 6.55. The fraction of sp³-hybridized carbons (Fsp3) is 0.833. The number of hydrogen-bond acceptors (Lipinski definition) is 5. The molecule has 0 spiro atoms. The SMILES string of the molecule is CC.CO/C(=C(/N)Cl)C(Cl)NC1CCCOCCN1. The molecule has 0 aliphatic carbocycles. The third kappa shape index (κ3) is 7.84. The molecule has 5 nitrogen and oxygen atoms in total. The quantitative estimate of drug-likeness (QED) is 0.420. The summed E-state index contributed by atoms with van der Waals surface area (Å²) in [5.41, 5.74) is 4.92. The summed E-state index contributed by atoms with van der Waals surface area (Å²) in [7, 11) is 1.49. The molecule has 19 heavy (non-hydrogen) atoms. The van der Waals surface area contributed by atoms with Crippen LogP contribution in [-0.4, -0.2) is 38.5 Å². The van der Waals surface area contributed by atoms with Crippen molar-refractivity contribution in [3.05, 3.63) is 10.9 Å². The molecule has 0 saturated carbocycles. The Morgan fingerprint density at radius 2 is 2.16 bits per heavy atom. The molecular weight excluding hydrogens is 289 g/mol. The van der Waals surface area contributed by atoms with Crippen LogP contribution in [0.15, 0.2) is 10.9 Å². The fourth-order valence-electron chi connectivity index (χ4n) is 1.62. The number of hydrogen-bond donors (Lipinski definition) is 3. The van der Waals surface area contributed by atoms with Gasteiger partial charge in [0.25, 0.3) is 0 Å². The number of ether oxygens (including phenoxy) is 2. The van der Waals surface area contributed by atoms with Crippen molar-refractivity contribution in [2.75, 3.05) is 26.9 Å². The average molecular weight is 314 g/mol. The molecule has 0 aromatic rings. The van der Waals surface area contributed by atoms with E-state index in [1.54, 1.807) is 0 Å². The van der Waals surface area contributed by atoms with Crippen LogP contribution in [0.3, 0.4) is 0 Å². The van der Waals surface area contributed by atoms with Crippen LogP contribution >= 0.6 is 23.2 Å². The second-order valence-corrected chi connectivity index (χ2v) is 4.55. The highest BCUT2D eigenvalue weighted by Gasteiger charge is 2.19. The molecule has 7 heteroatoms. The van der Waals surface area contributed by atoms with Crippen molar-refractivity contribution in [3.63, 3.8) is 0 Å². The molecule has 1 aliphatic rings. The summed E-state index contributed by atoms with van der Waals surface area (Å²) in [5, 5.41) is 6.52. The van der Waals surface area contributed by atoms with Crippen molar-refractivity contribution in [2.24, 2.45) is 5.73 Å². The first-order chi connectivity index (χ1) is 9.15. The Bertz CT molecular complexity index is 253. The van der Waals surface area contributed by atoms with E-state index >= 15 is 0 Å². The van der Waals surface area contributed by atoms with Crippen molar-refractivity contribution in [1.82, 2.24) is 10.6 Å². The zero-order chi connectivity index (χ0) is 14.7. The summed E-state index contributed by atoms with van der Waals surface area (Å²) in [4.78, 5) is 0. The number of rotatable bonds is 4. The van der Waals surface area contributed by atoms with E-state index in [1.807, 2.05) is 13.8 Å². The summed E-state index contributed by atoms with van der Waals surface area (Å²) in [6.07, 6.45) is 1.99. The van der Waals surface area contributed by atoms with E-state index in [9.17, 15) is 0 Å². The van der Waals surface area contributed by atoms with Gasteiger partial charge in [-0.05, 0) is 12.8 Å². The van der Waals surface area contributed by atoms with Gasteiger partial charge in [-0.3, -0.25) is 10.6 Å².